The van der Waals surface area contributed by atoms with Crippen LogP contribution in [0.3, 0.4) is 0 Å². The number of aromatic nitrogens is 1. The number of ether oxygens (including phenoxy) is 2. The zero-order valence-electron chi connectivity index (χ0n) is 12.2. The highest BCUT2D eigenvalue weighted by atomic mass is 16.5. The first-order valence-corrected chi connectivity index (χ1v) is 7.24. The topological polar surface area (TPSA) is 46.3 Å². The molecule has 0 atom stereocenters. The smallest absolute Gasteiger partial charge is 0.162 e. The Hall–Kier alpha value is -1.68. The van der Waals surface area contributed by atoms with Gasteiger partial charge >= 0.3 is 0 Å². The van der Waals surface area contributed by atoms with Crippen LogP contribution in [0.4, 0.5) is 0 Å². The molecular formula is C16H22N2O2. The van der Waals surface area contributed by atoms with Gasteiger partial charge in [-0.1, -0.05) is 0 Å². The summed E-state index contributed by atoms with van der Waals surface area (Å²) in [7, 11) is 3.35. The highest BCUT2D eigenvalue weighted by Gasteiger charge is 2.17. The zero-order valence-corrected chi connectivity index (χ0v) is 12.2. The van der Waals surface area contributed by atoms with Crippen LogP contribution in [-0.4, -0.2) is 32.3 Å². The van der Waals surface area contributed by atoms with Gasteiger partial charge in [-0.15, -0.1) is 0 Å². The lowest BCUT2D eigenvalue weighted by molar-refractivity contribution is 0.355. The molecule has 1 aliphatic heterocycles. The number of H-pyrrole nitrogens is 1. The second-order valence-electron chi connectivity index (χ2n) is 5.46. The number of benzene rings is 1. The summed E-state index contributed by atoms with van der Waals surface area (Å²) in [6.45, 7) is 2.29. The van der Waals surface area contributed by atoms with Gasteiger partial charge in [0, 0.05) is 23.2 Å². The van der Waals surface area contributed by atoms with Crippen molar-refractivity contribution in [2.24, 2.45) is 5.92 Å². The number of hydrogen-bond donors (Lipinski definition) is 2. The lowest BCUT2D eigenvalue weighted by Gasteiger charge is -2.22. The maximum atomic E-state index is 5.41. The van der Waals surface area contributed by atoms with Crippen LogP contribution in [0.2, 0.25) is 0 Å². The molecule has 0 radical (unpaired) electrons. The molecule has 4 heteroatoms. The Balaban J connectivity index is 1.91. The molecule has 0 aliphatic carbocycles. The fraction of sp³-hybridized carbons (Fsp3) is 0.500. The highest BCUT2D eigenvalue weighted by Crippen LogP contribution is 2.34. The zero-order chi connectivity index (χ0) is 13.9. The Kier molecular flexibility index (Phi) is 3.83. The van der Waals surface area contributed by atoms with Crippen LogP contribution in [0.25, 0.3) is 10.9 Å². The summed E-state index contributed by atoms with van der Waals surface area (Å²) in [4.78, 5) is 3.35. The van der Waals surface area contributed by atoms with Crippen LogP contribution in [0.5, 0.6) is 11.5 Å². The lowest BCUT2D eigenvalue weighted by Crippen LogP contribution is -2.28. The molecule has 1 fully saturated rings. The van der Waals surface area contributed by atoms with Gasteiger partial charge in [-0.05, 0) is 49.9 Å². The number of nitrogens with one attached hydrogen (secondary N) is 2. The molecule has 0 unspecified atom stereocenters. The van der Waals surface area contributed by atoms with Crippen LogP contribution in [0, 0.1) is 5.92 Å². The normalized spacial score (nSPS) is 16.5. The van der Waals surface area contributed by atoms with Gasteiger partial charge < -0.3 is 19.8 Å². The monoisotopic (exact) mass is 274 g/mol. The molecular weight excluding hydrogens is 252 g/mol. The number of methoxy groups -OCH3 is 2. The molecule has 2 N–H and O–H groups in total. The average molecular weight is 274 g/mol. The summed E-state index contributed by atoms with van der Waals surface area (Å²) < 4.78 is 10.8. The van der Waals surface area contributed by atoms with E-state index in [4.69, 9.17) is 9.47 Å². The van der Waals surface area contributed by atoms with E-state index in [9.17, 15) is 0 Å². The first kappa shape index (κ1) is 13.3. The predicted octanol–water partition coefficient (Wildman–Crippen LogP) is 2.73. The van der Waals surface area contributed by atoms with Crippen LogP contribution in [-0.2, 0) is 6.42 Å². The number of fused-ring (bicyclic) bond motifs is 1. The third kappa shape index (κ3) is 2.48. The van der Waals surface area contributed by atoms with E-state index in [-0.39, 0.29) is 0 Å². The van der Waals surface area contributed by atoms with Crippen LogP contribution in [0.1, 0.15) is 18.4 Å². The highest BCUT2D eigenvalue weighted by molar-refractivity contribution is 5.86. The van der Waals surface area contributed by atoms with Gasteiger partial charge in [-0.3, -0.25) is 0 Å². The van der Waals surface area contributed by atoms with Crippen LogP contribution in [0.15, 0.2) is 18.3 Å². The summed E-state index contributed by atoms with van der Waals surface area (Å²) in [5.41, 5.74) is 2.50. The van der Waals surface area contributed by atoms with Crippen molar-refractivity contribution < 1.29 is 9.47 Å². The molecule has 0 saturated carbocycles. The van der Waals surface area contributed by atoms with Crippen molar-refractivity contribution in [2.75, 3.05) is 27.3 Å². The van der Waals surface area contributed by atoms with Gasteiger partial charge in [-0.25, -0.2) is 0 Å². The van der Waals surface area contributed by atoms with Gasteiger partial charge in [0.2, 0.25) is 0 Å². The van der Waals surface area contributed by atoms with Crippen molar-refractivity contribution in [3.63, 3.8) is 0 Å². The Morgan fingerprint density at radius 3 is 2.50 bits per heavy atom. The number of aromatic amines is 1. The van der Waals surface area contributed by atoms with Crippen molar-refractivity contribution in [3.8, 4) is 11.5 Å². The Morgan fingerprint density at radius 1 is 1.10 bits per heavy atom. The van der Waals surface area contributed by atoms with Gasteiger partial charge in [0.05, 0.1) is 14.2 Å². The quantitative estimate of drug-likeness (QED) is 0.901. The van der Waals surface area contributed by atoms with Gasteiger partial charge in [0.1, 0.15) is 0 Å². The second kappa shape index (κ2) is 5.75. The molecule has 0 amide bonds. The Labute approximate surface area is 119 Å². The molecule has 1 aromatic heterocycles. The first-order chi connectivity index (χ1) is 9.81. The molecule has 108 valence electrons. The maximum Gasteiger partial charge on any atom is 0.162 e. The first-order valence-electron chi connectivity index (χ1n) is 7.24. The van der Waals surface area contributed by atoms with Crippen molar-refractivity contribution in [3.05, 3.63) is 23.9 Å². The third-order valence-corrected chi connectivity index (χ3v) is 4.24. The van der Waals surface area contributed by atoms with Gasteiger partial charge in [0.25, 0.3) is 0 Å². The Bertz CT molecular complexity index is 585. The molecule has 2 heterocycles. The number of piperidine rings is 1. The molecule has 20 heavy (non-hydrogen) atoms. The minimum atomic E-state index is 0.773. The van der Waals surface area contributed by atoms with Crippen molar-refractivity contribution in [1.82, 2.24) is 10.3 Å². The molecule has 3 rings (SSSR count). The largest absolute Gasteiger partial charge is 0.493 e. The fourth-order valence-corrected chi connectivity index (χ4v) is 3.07. The molecule has 2 aromatic rings. The molecule has 1 aromatic carbocycles. The van der Waals surface area contributed by atoms with Crippen LogP contribution >= 0.6 is 0 Å². The van der Waals surface area contributed by atoms with E-state index in [1.54, 1.807) is 14.2 Å². The van der Waals surface area contributed by atoms with Crippen molar-refractivity contribution >= 4 is 10.9 Å². The fourth-order valence-electron chi connectivity index (χ4n) is 3.07. The third-order valence-electron chi connectivity index (χ3n) is 4.24. The standard InChI is InChI=1S/C16H22N2O2/c1-19-15-8-13-12(7-11-3-5-17-6-4-11)10-18-14(13)9-16(15)20-2/h8-11,17-18H,3-7H2,1-2H3. The summed E-state index contributed by atoms with van der Waals surface area (Å²) in [6.07, 6.45) is 5.79. The molecule has 1 saturated heterocycles. The van der Waals surface area contributed by atoms with E-state index < -0.39 is 0 Å². The molecule has 0 spiro atoms. The van der Waals surface area contributed by atoms with Crippen LogP contribution < -0.4 is 14.8 Å². The van der Waals surface area contributed by atoms with E-state index in [0.717, 1.165) is 42.4 Å². The van der Waals surface area contributed by atoms with E-state index in [0.29, 0.717) is 0 Å². The lowest BCUT2D eigenvalue weighted by atomic mass is 9.91. The maximum absolute atomic E-state index is 5.41. The Morgan fingerprint density at radius 2 is 1.80 bits per heavy atom. The van der Waals surface area contributed by atoms with E-state index in [1.165, 1.54) is 23.8 Å². The molecule has 4 nitrogen and oxygen atoms in total. The summed E-state index contributed by atoms with van der Waals surface area (Å²) in [5.74, 6) is 2.35. The predicted molar refractivity (Wildman–Crippen MR) is 80.7 cm³/mol. The van der Waals surface area contributed by atoms with Crippen molar-refractivity contribution in [2.45, 2.75) is 19.3 Å². The van der Waals surface area contributed by atoms with Crippen molar-refractivity contribution in [1.29, 1.82) is 0 Å². The average Bonchev–Trinajstić information content (AvgIpc) is 2.89. The van der Waals surface area contributed by atoms with Gasteiger partial charge in [0.15, 0.2) is 11.5 Å². The van der Waals surface area contributed by atoms with E-state index >= 15 is 0 Å². The summed E-state index contributed by atoms with van der Waals surface area (Å²) in [6, 6.07) is 4.10. The molecule has 0 bridgehead atoms. The molecule has 1 aliphatic rings. The minimum Gasteiger partial charge on any atom is -0.493 e. The van der Waals surface area contributed by atoms with E-state index in [2.05, 4.69) is 22.6 Å². The second-order valence-corrected chi connectivity index (χ2v) is 5.46. The number of hydrogen-bond acceptors (Lipinski definition) is 3. The SMILES string of the molecule is COc1cc2[nH]cc(CC3CCNCC3)c2cc1OC. The minimum absolute atomic E-state index is 0.773. The van der Waals surface area contributed by atoms with E-state index in [1.807, 2.05) is 6.07 Å². The van der Waals surface area contributed by atoms with Gasteiger partial charge in [-0.2, -0.15) is 0 Å². The summed E-state index contributed by atoms with van der Waals surface area (Å²) in [5, 5.41) is 4.67. The number of rotatable bonds is 4. The summed E-state index contributed by atoms with van der Waals surface area (Å²) >= 11 is 0.